The molecule has 0 heterocycles. The van der Waals surface area contributed by atoms with Gasteiger partial charge in [-0.1, -0.05) is 6.08 Å². The molecule has 0 aliphatic heterocycles. The number of carbonyl (C=O) groups excluding carboxylic acids is 1. The van der Waals surface area contributed by atoms with Crippen LogP contribution in [0.25, 0.3) is 0 Å². The summed E-state index contributed by atoms with van der Waals surface area (Å²) in [6, 6.07) is 0. The summed E-state index contributed by atoms with van der Waals surface area (Å²) in [5, 5.41) is 9.10. The van der Waals surface area contributed by atoms with E-state index in [1.165, 1.54) is 6.08 Å². The Bertz CT molecular complexity index is 142. The SMILES string of the molecule is C=C[C@H](O)[C@H](C)C(=O)OCC. The van der Waals surface area contributed by atoms with E-state index in [2.05, 4.69) is 11.3 Å². The van der Waals surface area contributed by atoms with Gasteiger partial charge < -0.3 is 9.84 Å². The fourth-order valence-corrected chi connectivity index (χ4v) is 0.617. The lowest BCUT2D eigenvalue weighted by Gasteiger charge is -2.12. The summed E-state index contributed by atoms with van der Waals surface area (Å²) >= 11 is 0. The van der Waals surface area contributed by atoms with Crippen LogP contribution in [0.15, 0.2) is 12.7 Å². The van der Waals surface area contributed by atoms with Crippen LogP contribution >= 0.6 is 0 Å². The van der Waals surface area contributed by atoms with E-state index in [0.29, 0.717) is 6.61 Å². The first-order valence-corrected chi connectivity index (χ1v) is 3.60. The molecule has 0 fully saturated rings. The van der Waals surface area contributed by atoms with Crippen molar-refractivity contribution in [2.24, 2.45) is 5.92 Å². The molecule has 0 aromatic heterocycles. The van der Waals surface area contributed by atoms with Gasteiger partial charge in [0.25, 0.3) is 0 Å². The lowest BCUT2D eigenvalue weighted by molar-refractivity contribution is -0.150. The summed E-state index contributed by atoms with van der Waals surface area (Å²) in [5.41, 5.74) is 0. The Hall–Kier alpha value is -0.830. The number of ether oxygens (including phenoxy) is 1. The largest absolute Gasteiger partial charge is 0.466 e. The number of rotatable bonds is 4. The zero-order valence-electron chi connectivity index (χ0n) is 6.91. The Morgan fingerprint density at radius 3 is 2.73 bits per heavy atom. The van der Waals surface area contributed by atoms with Gasteiger partial charge in [0.2, 0.25) is 0 Å². The lowest BCUT2D eigenvalue weighted by Crippen LogP contribution is -2.25. The molecule has 0 saturated heterocycles. The maximum atomic E-state index is 10.9. The van der Waals surface area contributed by atoms with Crippen molar-refractivity contribution in [2.75, 3.05) is 6.61 Å². The van der Waals surface area contributed by atoms with Gasteiger partial charge in [-0.25, -0.2) is 0 Å². The molecule has 0 aromatic rings. The van der Waals surface area contributed by atoms with Crippen molar-refractivity contribution in [1.29, 1.82) is 0 Å². The minimum absolute atomic E-state index is 0.340. The molecule has 3 heteroatoms. The van der Waals surface area contributed by atoms with Crippen LogP contribution in [0.2, 0.25) is 0 Å². The molecule has 0 aromatic carbocycles. The van der Waals surface area contributed by atoms with E-state index in [-0.39, 0.29) is 5.97 Å². The minimum Gasteiger partial charge on any atom is -0.466 e. The van der Waals surface area contributed by atoms with Crippen molar-refractivity contribution in [3.05, 3.63) is 12.7 Å². The second kappa shape index (κ2) is 4.91. The third-order valence-electron chi connectivity index (χ3n) is 1.41. The highest BCUT2D eigenvalue weighted by Gasteiger charge is 2.19. The summed E-state index contributed by atoms with van der Waals surface area (Å²) in [5.74, 6) is -0.910. The molecule has 1 N–H and O–H groups in total. The fourth-order valence-electron chi connectivity index (χ4n) is 0.617. The maximum absolute atomic E-state index is 10.9. The van der Waals surface area contributed by atoms with Crippen molar-refractivity contribution >= 4 is 5.97 Å². The molecule has 0 rings (SSSR count). The van der Waals surface area contributed by atoms with Crippen LogP contribution < -0.4 is 0 Å². The predicted molar refractivity (Wildman–Crippen MR) is 42.0 cm³/mol. The number of hydrogen-bond acceptors (Lipinski definition) is 3. The highest BCUT2D eigenvalue weighted by atomic mass is 16.5. The van der Waals surface area contributed by atoms with Crippen LogP contribution in [-0.2, 0) is 9.53 Å². The van der Waals surface area contributed by atoms with Crippen molar-refractivity contribution in [3.8, 4) is 0 Å². The molecule has 0 amide bonds. The predicted octanol–water partition coefficient (Wildman–Crippen LogP) is 0.732. The van der Waals surface area contributed by atoms with Crippen LogP contribution in [0.1, 0.15) is 13.8 Å². The first-order valence-electron chi connectivity index (χ1n) is 3.60. The standard InChI is InChI=1S/C8H14O3/c1-4-7(9)6(3)8(10)11-5-2/h4,6-7,9H,1,5H2,2-3H3/t6-,7-/m0/s1. The minimum atomic E-state index is -0.811. The normalized spacial score (nSPS) is 15.2. The average molecular weight is 158 g/mol. The highest BCUT2D eigenvalue weighted by molar-refractivity contribution is 5.72. The van der Waals surface area contributed by atoms with E-state index >= 15 is 0 Å². The van der Waals surface area contributed by atoms with Crippen LogP contribution in [0.3, 0.4) is 0 Å². The van der Waals surface area contributed by atoms with E-state index in [4.69, 9.17) is 5.11 Å². The molecular formula is C8H14O3. The molecule has 0 spiro atoms. The molecule has 0 aliphatic carbocycles. The van der Waals surface area contributed by atoms with Crippen LogP contribution in [0, 0.1) is 5.92 Å². The van der Waals surface area contributed by atoms with Gasteiger partial charge in [0.05, 0.1) is 18.6 Å². The van der Waals surface area contributed by atoms with Gasteiger partial charge in [-0.2, -0.15) is 0 Å². The van der Waals surface area contributed by atoms with E-state index in [0.717, 1.165) is 0 Å². The molecule has 0 bridgehead atoms. The third-order valence-corrected chi connectivity index (χ3v) is 1.41. The van der Waals surface area contributed by atoms with E-state index < -0.39 is 12.0 Å². The first kappa shape index (κ1) is 10.2. The third kappa shape index (κ3) is 3.18. The quantitative estimate of drug-likeness (QED) is 0.484. The monoisotopic (exact) mass is 158 g/mol. The molecule has 0 aliphatic rings. The van der Waals surface area contributed by atoms with Crippen LogP contribution in [-0.4, -0.2) is 23.8 Å². The second-order valence-electron chi connectivity index (χ2n) is 2.27. The maximum Gasteiger partial charge on any atom is 0.311 e. The Balaban J connectivity index is 3.90. The molecule has 0 saturated carbocycles. The van der Waals surface area contributed by atoms with Gasteiger partial charge in [0.1, 0.15) is 0 Å². The molecule has 2 atom stereocenters. The van der Waals surface area contributed by atoms with Gasteiger partial charge in [0, 0.05) is 0 Å². The first-order chi connectivity index (χ1) is 5.13. The molecule has 64 valence electrons. The zero-order chi connectivity index (χ0) is 8.85. The van der Waals surface area contributed by atoms with Gasteiger partial charge >= 0.3 is 5.97 Å². The fraction of sp³-hybridized carbons (Fsp3) is 0.625. The lowest BCUT2D eigenvalue weighted by atomic mass is 10.1. The molecule has 0 radical (unpaired) electrons. The van der Waals surface area contributed by atoms with Crippen molar-refractivity contribution in [3.63, 3.8) is 0 Å². The van der Waals surface area contributed by atoms with Crippen molar-refractivity contribution < 1.29 is 14.6 Å². The topological polar surface area (TPSA) is 46.5 Å². The van der Waals surface area contributed by atoms with Crippen molar-refractivity contribution in [1.82, 2.24) is 0 Å². The summed E-state index contributed by atoms with van der Waals surface area (Å²) < 4.78 is 4.68. The zero-order valence-corrected chi connectivity index (χ0v) is 6.91. The van der Waals surface area contributed by atoms with Gasteiger partial charge in [0.15, 0.2) is 0 Å². The number of esters is 1. The Kier molecular flexibility index (Phi) is 4.54. The number of hydrogen-bond donors (Lipinski definition) is 1. The molecule has 11 heavy (non-hydrogen) atoms. The summed E-state index contributed by atoms with van der Waals surface area (Å²) in [7, 11) is 0. The van der Waals surface area contributed by atoms with Crippen molar-refractivity contribution in [2.45, 2.75) is 20.0 Å². The number of aliphatic hydroxyl groups is 1. The van der Waals surface area contributed by atoms with E-state index in [9.17, 15) is 4.79 Å². The molecular weight excluding hydrogens is 144 g/mol. The molecule has 0 unspecified atom stereocenters. The Labute approximate surface area is 66.7 Å². The van der Waals surface area contributed by atoms with Crippen LogP contribution in [0.5, 0.6) is 0 Å². The Morgan fingerprint density at radius 2 is 2.36 bits per heavy atom. The van der Waals surface area contributed by atoms with E-state index in [1.807, 2.05) is 0 Å². The number of carbonyl (C=O) groups is 1. The summed E-state index contributed by atoms with van der Waals surface area (Å²) in [4.78, 5) is 10.9. The van der Waals surface area contributed by atoms with Gasteiger partial charge in [-0.05, 0) is 13.8 Å². The number of aliphatic hydroxyl groups excluding tert-OH is 1. The average Bonchev–Trinajstić information content (AvgIpc) is 2.02. The van der Waals surface area contributed by atoms with Gasteiger partial charge in [-0.15, -0.1) is 6.58 Å². The Morgan fingerprint density at radius 1 is 1.82 bits per heavy atom. The van der Waals surface area contributed by atoms with Gasteiger partial charge in [-0.3, -0.25) is 4.79 Å². The summed E-state index contributed by atoms with van der Waals surface area (Å²) in [6.07, 6.45) is 0.510. The highest BCUT2D eigenvalue weighted by Crippen LogP contribution is 2.05. The van der Waals surface area contributed by atoms with Crippen LogP contribution in [0.4, 0.5) is 0 Å². The summed E-state index contributed by atoms with van der Waals surface area (Å²) in [6.45, 7) is 7.04. The second-order valence-corrected chi connectivity index (χ2v) is 2.27. The van der Waals surface area contributed by atoms with E-state index in [1.54, 1.807) is 13.8 Å². The molecule has 3 nitrogen and oxygen atoms in total. The smallest absolute Gasteiger partial charge is 0.311 e.